The predicted molar refractivity (Wildman–Crippen MR) is 43.4 cm³/mol. The van der Waals surface area contributed by atoms with Crippen molar-refractivity contribution in [2.75, 3.05) is 0 Å². The highest BCUT2D eigenvalue weighted by Crippen LogP contribution is 2.01. The first-order valence-corrected chi connectivity index (χ1v) is 3.66. The largest absolute Gasteiger partial charge is 0.427 e. The topological polar surface area (TPSA) is 78.9 Å². The molecule has 0 heterocycles. The third-order valence-corrected chi connectivity index (χ3v) is 0.810. The smallest absolute Gasteiger partial charge is 0.332 e. The van der Waals surface area contributed by atoms with Gasteiger partial charge in [0.1, 0.15) is 0 Å². The molecule has 0 aromatic carbocycles. The third kappa shape index (κ3) is 6.84. The van der Waals surface area contributed by atoms with E-state index in [4.69, 9.17) is 0 Å². The summed E-state index contributed by atoms with van der Waals surface area (Å²) in [7, 11) is 0. The first-order valence-electron chi connectivity index (χ1n) is 3.66. The molecule has 14 heavy (non-hydrogen) atoms. The van der Waals surface area contributed by atoms with Crippen molar-refractivity contribution in [1.82, 2.24) is 0 Å². The fraction of sp³-hybridized carbons (Fsp3) is 0.375. The predicted octanol–water partition coefficient (Wildman–Crippen LogP) is 0.475. The maximum Gasteiger partial charge on any atom is 0.332 e. The van der Waals surface area contributed by atoms with E-state index in [-0.39, 0.29) is 0 Å². The molecule has 0 radical (unpaired) electrons. The summed E-state index contributed by atoms with van der Waals surface area (Å²) in [5.74, 6) is -2.48. The Kier molecular flexibility index (Phi) is 4.98. The molecule has 0 unspecified atom stereocenters. The summed E-state index contributed by atoms with van der Waals surface area (Å²) in [6, 6.07) is 0. The highest BCUT2D eigenvalue weighted by atomic mass is 16.7. The molecule has 0 N–H and O–H groups in total. The lowest BCUT2D eigenvalue weighted by Crippen LogP contribution is -2.07. The van der Waals surface area contributed by atoms with Crippen molar-refractivity contribution in [1.29, 1.82) is 0 Å². The monoisotopic (exact) mass is 202 g/mol. The molecular formula is C8H10O6. The van der Waals surface area contributed by atoms with Gasteiger partial charge in [0.05, 0.1) is 0 Å². The van der Waals surface area contributed by atoms with Crippen LogP contribution in [0.2, 0.25) is 0 Å². The summed E-state index contributed by atoms with van der Waals surface area (Å²) in [4.78, 5) is 31.3. The van der Waals surface area contributed by atoms with Crippen LogP contribution in [0.5, 0.6) is 0 Å². The minimum absolute atomic E-state index is 0.472. The molecule has 0 spiro atoms. The van der Waals surface area contributed by atoms with Gasteiger partial charge in [0.25, 0.3) is 0 Å². The highest BCUT2D eigenvalue weighted by Gasteiger charge is 2.07. The van der Waals surface area contributed by atoms with E-state index < -0.39 is 23.9 Å². The Morgan fingerprint density at radius 2 is 1.29 bits per heavy atom. The molecule has 0 fully saturated rings. The second-order valence-corrected chi connectivity index (χ2v) is 2.23. The van der Waals surface area contributed by atoms with Gasteiger partial charge in [-0.05, 0) is 0 Å². The number of hydrogen-bond acceptors (Lipinski definition) is 6. The van der Waals surface area contributed by atoms with Crippen LogP contribution in [0, 0.1) is 0 Å². The average molecular weight is 202 g/mol. The SMILES string of the molecule is CC(=O)OC=C(OC(C)=O)OC(C)=O. The minimum atomic E-state index is -0.690. The van der Waals surface area contributed by atoms with Gasteiger partial charge < -0.3 is 14.2 Å². The summed E-state index contributed by atoms with van der Waals surface area (Å²) >= 11 is 0. The van der Waals surface area contributed by atoms with Crippen molar-refractivity contribution >= 4 is 17.9 Å². The van der Waals surface area contributed by atoms with Gasteiger partial charge in [0, 0.05) is 20.8 Å². The van der Waals surface area contributed by atoms with Crippen LogP contribution >= 0.6 is 0 Å². The van der Waals surface area contributed by atoms with Crippen LogP contribution in [0.3, 0.4) is 0 Å². The Morgan fingerprint density at radius 1 is 0.857 bits per heavy atom. The summed E-state index contributed by atoms with van der Waals surface area (Å²) in [5.41, 5.74) is 0. The van der Waals surface area contributed by atoms with E-state index in [1.54, 1.807) is 0 Å². The fourth-order valence-corrected chi connectivity index (χ4v) is 0.483. The lowest BCUT2D eigenvalue weighted by atomic mass is 10.7. The molecular weight excluding hydrogens is 192 g/mol. The van der Waals surface area contributed by atoms with Gasteiger partial charge in [0.15, 0.2) is 6.26 Å². The van der Waals surface area contributed by atoms with Crippen molar-refractivity contribution in [2.24, 2.45) is 0 Å². The maximum absolute atomic E-state index is 10.5. The number of carbonyl (C=O) groups is 3. The second-order valence-electron chi connectivity index (χ2n) is 2.23. The van der Waals surface area contributed by atoms with Crippen LogP contribution in [0.1, 0.15) is 20.8 Å². The zero-order valence-corrected chi connectivity index (χ0v) is 8.03. The molecule has 0 amide bonds. The van der Waals surface area contributed by atoms with Crippen LogP contribution in [0.4, 0.5) is 0 Å². The van der Waals surface area contributed by atoms with Gasteiger partial charge >= 0.3 is 23.9 Å². The van der Waals surface area contributed by atoms with E-state index in [1.165, 1.54) is 0 Å². The number of ether oxygens (including phenoxy) is 3. The summed E-state index contributed by atoms with van der Waals surface area (Å²) in [6.07, 6.45) is 0.741. The standard InChI is InChI=1S/C8H10O6/c1-5(9)12-4-8(13-6(2)10)14-7(3)11/h4H,1-3H3. The Balaban J connectivity index is 4.37. The Morgan fingerprint density at radius 3 is 1.57 bits per heavy atom. The van der Waals surface area contributed by atoms with E-state index in [2.05, 4.69) is 14.2 Å². The number of carbonyl (C=O) groups excluding carboxylic acids is 3. The molecule has 6 heteroatoms. The van der Waals surface area contributed by atoms with Gasteiger partial charge in [-0.1, -0.05) is 0 Å². The molecule has 0 aromatic rings. The Hall–Kier alpha value is -1.85. The zero-order chi connectivity index (χ0) is 11.1. The number of esters is 3. The van der Waals surface area contributed by atoms with E-state index in [0.29, 0.717) is 0 Å². The van der Waals surface area contributed by atoms with Gasteiger partial charge in [0.2, 0.25) is 0 Å². The quantitative estimate of drug-likeness (QED) is 0.489. The van der Waals surface area contributed by atoms with Crippen LogP contribution in [-0.4, -0.2) is 17.9 Å². The first-order chi connectivity index (χ1) is 6.41. The molecule has 0 saturated heterocycles. The van der Waals surface area contributed by atoms with Crippen molar-refractivity contribution in [3.63, 3.8) is 0 Å². The van der Waals surface area contributed by atoms with E-state index in [0.717, 1.165) is 27.0 Å². The molecule has 6 nitrogen and oxygen atoms in total. The second kappa shape index (κ2) is 5.74. The van der Waals surface area contributed by atoms with E-state index in [9.17, 15) is 14.4 Å². The first kappa shape index (κ1) is 12.2. The van der Waals surface area contributed by atoms with Crippen molar-refractivity contribution in [2.45, 2.75) is 20.8 Å². The molecule has 0 aliphatic rings. The average Bonchev–Trinajstić information content (AvgIpc) is 1.97. The van der Waals surface area contributed by atoms with Crippen LogP contribution in [-0.2, 0) is 28.6 Å². The maximum atomic E-state index is 10.5. The minimum Gasteiger partial charge on any atom is -0.427 e. The van der Waals surface area contributed by atoms with Crippen LogP contribution in [0.25, 0.3) is 0 Å². The van der Waals surface area contributed by atoms with Gasteiger partial charge in [-0.2, -0.15) is 0 Å². The van der Waals surface area contributed by atoms with Gasteiger partial charge in [-0.25, -0.2) is 0 Å². The van der Waals surface area contributed by atoms with Crippen LogP contribution < -0.4 is 0 Å². The molecule has 0 aliphatic heterocycles. The van der Waals surface area contributed by atoms with Crippen molar-refractivity contribution in [3.8, 4) is 0 Å². The fourth-order valence-electron chi connectivity index (χ4n) is 0.483. The lowest BCUT2D eigenvalue weighted by molar-refractivity contribution is -0.153. The summed E-state index contributed by atoms with van der Waals surface area (Å²) < 4.78 is 13.2. The number of rotatable bonds is 3. The Bertz CT molecular complexity index is 260. The highest BCUT2D eigenvalue weighted by molar-refractivity contribution is 5.70. The number of hydrogen-bond donors (Lipinski definition) is 0. The Labute approximate surface area is 80.4 Å². The molecule has 0 saturated carbocycles. The molecule has 0 aromatic heterocycles. The zero-order valence-electron chi connectivity index (χ0n) is 8.03. The molecule has 0 bridgehead atoms. The van der Waals surface area contributed by atoms with Crippen molar-refractivity contribution in [3.05, 3.63) is 12.2 Å². The third-order valence-electron chi connectivity index (χ3n) is 0.810. The normalized spacial score (nSPS) is 8.50. The summed E-state index contributed by atoms with van der Waals surface area (Å²) in [5, 5.41) is 0. The van der Waals surface area contributed by atoms with Crippen LogP contribution in [0.15, 0.2) is 12.2 Å². The van der Waals surface area contributed by atoms with Crippen molar-refractivity contribution < 1.29 is 28.6 Å². The molecule has 78 valence electrons. The van der Waals surface area contributed by atoms with E-state index in [1.807, 2.05) is 0 Å². The molecule has 0 aliphatic carbocycles. The van der Waals surface area contributed by atoms with Gasteiger partial charge in [-0.15, -0.1) is 0 Å². The molecule has 0 rings (SSSR count). The van der Waals surface area contributed by atoms with E-state index >= 15 is 0 Å². The lowest BCUT2D eigenvalue weighted by Gasteiger charge is -2.04. The summed E-state index contributed by atoms with van der Waals surface area (Å²) in [6.45, 7) is 3.38. The molecule has 0 atom stereocenters. The van der Waals surface area contributed by atoms with Gasteiger partial charge in [-0.3, -0.25) is 14.4 Å².